The summed E-state index contributed by atoms with van der Waals surface area (Å²) in [7, 11) is 0. The van der Waals surface area contributed by atoms with Gasteiger partial charge in [0.2, 0.25) is 0 Å². The van der Waals surface area contributed by atoms with Crippen molar-refractivity contribution in [1.29, 1.82) is 0 Å². The lowest BCUT2D eigenvalue weighted by molar-refractivity contribution is -0.141. The monoisotopic (exact) mass is 260 g/mol. The lowest BCUT2D eigenvalue weighted by atomic mass is 10.1. The molecule has 0 bridgehead atoms. The number of hydrogen-bond donors (Lipinski definition) is 1. The predicted molar refractivity (Wildman–Crippen MR) is 75.2 cm³/mol. The van der Waals surface area contributed by atoms with E-state index in [-0.39, 0.29) is 0 Å². The molecule has 1 N–H and O–H groups in total. The molecule has 0 aliphatic rings. The van der Waals surface area contributed by atoms with Crippen molar-refractivity contribution in [3.05, 3.63) is 30.6 Å². The van der Waals surface area contributed by atoms with Crippen LogP contribution in [-0.2, 0) is 4.79 Å². The zero-order valence-electron chi connectivity index (χ0n) is 11.2. The molecule has 19 heavy (non-hydrogen) atoms. The molecule has 1 heterocycles. The highest BCUT2D eigenvalue weighted by Crippen LogP contribution is 2.22. The molecule has 1 unspecified atom stereocenters. The number of benzene rings is 1. The smallest absolute Gasteiger partial charge is 0.326 e. The van der Waals surface area contributed by atoms with Crippen molar-refractivity contribution in [1.82, 2.24) is 9.55 Å². The Morgan fingerprint density at radius 1 is 1.32 bits per heavy atom. The van der Waals surface area contributed by atoms with Crippen LogP contribution < -0.4 is 0 Å². The van der Waals surface area contributed by atoms with Crippen molar-refractivity contribution in [2.24, 2.45) is 0 Å². The van der Waals surface area contributed by atoms with Crippen molar-refractivity contribution in [2.75, 3.05) is 0 Å². The van der Waals surface area contributed by atoms with Crippen LogP contribution in [0.3, 0.4) is 0 Å². The Hall–Kier alpha value is -1.84. The highest BCUT2D eigenvalue weighted by molar-refractivity contribution is 5.79. The van der Waals surface area contributed by atoms with E-state index in [4.69, 9.17) is 0 Å². The van der Waals surface area contributed by atoms with Gasteiger partial charge in [0.25, 0.3) is 0 Å². The van der Waals surface area contributed by atoms with Gasteiger partial charge in [-0.05, 0) is 18.6 Å². The maximum Gasteiger partial charge on any atom is 0.326 e. The molecule has 1 aromatic heterocycles. The molecule has 0 spiro atoms. The van der Waals surface area contributed by atoms with Crippen molar-refractivity contribution in [2.45, 2.75) is 45.1 Å². The van der Waals surface area contributed by atoms with E-state index < -0.39 is 12.0 Å². The molecule has 2 rings (SSSR count). The average molecular weight is 260 g/mol. The summed E-state index contributed by atoms with van der Waals surface area (Å²) in [6, 6.07) is 7.14. The third kappa shape index (κ3) is 3.13. The van der Waals surface area contributed by atoms with Crippen LogP contribution in [0.5, 0.6) is 0 Å². The van der Waals surface area contributed by atoms with Crippen LogP contribution in [0.25, 0.3) is 11.0 Å². The Kier molecular flexibility index (Phi) is 4.55. The quantitative estimate of drug-likeness (QED) is 0.773. The van der Waals surface area contributed by atoms with Gasteiger partial charge in [-0.15, -0.1) is 0 Å². The first-order valence-electron chi connectivity index (χ1n) is 6.88. The Morgan fingerprint density at radius 3 is 2.84 bits per heavy atom. The van der Waals surface area contributed by atoms with Gasteiger partial charge in [-0.1, -0.05) is 44.7 Å². The van der Waals surface area contributed by atoms with Crippen LogP contribution in [0.2, 0.25) is 0 Å². The number of fused-ring (bicyclic) bond motifs is 1. The second-order valence-corrected chi connectivity index (χ2v) is 4.84. The first-order valence-corrected chi connectivity index (χ1v) is 6.88. The Bertz CT molecular complexity index is 548. The summed E-state index contributed by atoms with van der Waals surface area (Å²) in [5.74, 6) is -0.778. The number of imidazole rings is 1. The Morgan fingerprint density at radius 2 is 2.11 bits per heavy atom. The van der Waals surface area contributed by atoms with Gasteiger partial charge >= 0.3 is 5.97 Å². The molecule has 0 saturated carbocycles. The Labute approximate surface area is 113 Å². The predicted octanol–water partition coefficient (Wildman–Crippen LogP) is 3.63. The minimum Gasteiger partial charge on any atom is -0.480 e. The molecular formula is C15H20N2O2. The minimum atomic E-state index is -0.778. The summed E-state index contributed by atoms with van der Waals surface area (Å²) in [6.45, 7) is 2.15. The van der Waals surface area contributed by atoms with Crippen LogP contribution in [-0.4, -0.2) is 20.6 Å². The number of aliphatic carboxylic acids is 1. The maximum atomic E-state index is 11.5. The topological polar surface area (TPSA) is 55.1 Å². The van der Waals surface area contributed by atoms with E-state index in [1.165, 1.54) is 0 Å². The second kappa shape index (κ2) is 6.36. The fourth-order valence-electron chi connectivity index (χ4n) is 2.37. The molecule has 4 heteroatoms. The molecule has 2 aromatic rings. The number of carboxylic acids is 1. The fraction of sp³-hybridized carbons (Fsp3) is 0.467. The van der Waals surface area contributed by atoms with Crippen molar-refractivity contribution in [3.63, 3.8) is 0 Å². The summed E-state index contributed by atoms with van der Waals surface area (Å²) in [6.07, 6.45) is 6.66. The summed E-state index contributed by atoms with van der Waals surface area (Å²) < 4.78 is 1.78. The lowest BCUT2D eigenvalue weighted by Gasteiger charge is -2.14. The molecule has 0 saturated heterocycles. The molecule has 1 aromatic carbocycles. The second-order valence-electron chi connectivity index (χ2n) is 4.84. The van der Waals surface area contributed by atoms with Crippen LogP contribution in [0.4, 0.5) is 0 Å². The number of unbranched alkanes of at least 4 members (excludes halogenated alkanes) is 3. The molecule has 0 aliphatic heterocycles. The molecule has 0 fully saturated rings. The van der Waals surface area contributed by atoms with Crippen LogP contribution in [0.1, 0.15) is 45.1 Å². The molecule has 102 valence electrons. The van der Waals surface area contributed by atoms with E-state index in [1.807, 2.05) is 24.3 Å². The van der Waals surface area contributed by atoms with Gasteiger partial charge < -0.3 is 9.67 Å². The Balaban J connectivity index is 2.16. The molecule has 1 atom stereocenters. The lowest BCUT2D eigenvalue weighted by Crippen LogP contribution is -2.18. The number of carboxylic acid groups (broad SMARTS) is 1. The van der Waals surface area contributed by atoms with Gasteiger partial charge in [0.15, 0.2) is 0 Å². The first-order chi connectivity index (χ1) is 9.24. The van der Waals surface area contributed by atoms with Crippen molar-refractivity contribution < 1.29 is 9.90 Å². The summed E-state index contributed by atoms with van der Waals surface area (Å²) in [5.41, 5.74) is 1.74. The molecular weight excluding hydrogens is 240 g/mol. The number of carbonyl (C=O) groups is 1. The maximum absolute atomic E-state index is 11.5. The van der Waals surface area contributed by atoms with Gasteiger partial charge in [-0.2, -0.15) is 0 Å². The highest BCUT2D eigenvalue weighted by Gasteiger charge is 2.20. The number of hydrogen-bond acceptors (Lipinski definition) is 2. The van der Waals surface area contributed by atoms with E-state index >= 15 is 0 Å². The highest BCUT2D eigenvalue weighted by atomic mass is 16.4. The normalized spacial score (nSPS) is 12.7. The zero-order valence-corrected chi connectivity index (χ0v) is 11.2. The van der Waals surface area contributed by atoms with Gasteiger partial charge in [0.05, 0.1) is 17.4 Å². The van der Waals surface area contributed by atoms with E-state index in [0.717, 1.165) is 36.7 Å². The van der Waals surface area contributed by atoms with Crippen LogP contribution in [0, 0.1) is 0 Å². The van der Waals surface area contributed by atoms with E-state index in [2.05, 4.69) is 11.9 Å². The van der Waals surface area contributed by atoms with E-state index in [0.29, 0.717) is 6.42 Å². The number of rotatable bonds is 7. The minimum absolute atomic E-state index is 0.510. The van der Waals surface area contributed by atoms with Crippen molar-refractivity contribution >= 4 is 17.0 Å². The summed E-state index contributed by atoms with van der Waals surface area (Å²) in [5, 5.41) is 9.41. The number of nitrogens with zero attached hydrogens (tertiary/aromatic N) is 2. The number of aromatic nitrogens is 2. The van der Waals surface area contributed by atoms with E-state index in [9.17, 15) is 9.90 Å². The fourth-order valence-corrected chi connectivity index (χ4v) is 2.37. The molecule has 0 radical (unpaired) electrons. The zero-order chi connectivity index (χ0) is 13.7. The van der Waals surface area contributed by atoms with Crippen LogP contribution in [0.15, 0.2) is 30.6 Å². The van der Waals surface area contributed by atoms with E-state index in [1.54, 1.807) is 10.9 Å². The molecule has 0 amide bonds. The molecule has 4 nitrogen and oxygen atoms in total. The summed E-state index contributed by atoms with van der Waals surface area (Å²) >= 11 is 0. The van der Waals surface area contributed by atoms with Gasteiger partial charge in [0.1, 0.15) is 6.04 Å². The molecule has 0 aliphatic carbocycles. The third-order valence-electron chi connectivity index (χ3n) is 3.43. The SMILES string of the molecule is CCCCCCC(C(=O)O)n1cnc2ccccc21. The van der Waals surface area contributed by atoms with Crippen LogP contribution >= 0.6 is 0 Å². The largest absolute Gasteiger partial charge is 0.480 e. The van der Waals surface area contributed by atoms with Gasteiger partial charge in [-0.25, -0.2) is 9.78 Å². The van der Waals surface area contributed by atoms with Gasteiger partial charge in [0, 0.05) is 0 Å². The average Bonchev–Trinajstić information content (AvgIpc) is 2.82. The standard InChI is InChI=1S/C15H20N2O2/c1-2-3-4-5-10-14(15(18)19)17-11-16-12-8-6-7-9-13(12)17/h6-9,11,14H,2-5,10H2,1H3,(H,18,19). The third-order valence-corrected chi connectivity index (χ3v) is 3.43. The number of para-hydroxylation sites is 2. The summed E-state index contributed by atoms with van der Waals surface area (Å²) in [4.78, 5) is 15.7. The van der Waals surface area contributed by atoms with Crippen molar-refractivity contribution in [3.8, 4) is 0 Å². The van der Waals surface area contributed by atoms with Gasteiger partial charge in [-0.3, -0.25) is 0 Å². The first kappa shape index (κ1) is 13.6.